The standard InChI is InChI=1S/C13H15BrF2O/c1-13(2,3)12(17)9(14)7-8-10(15)5-4-6-11(8)16/h4-6,9H,7H2,1-3H3. The quantitative estimate of drug-likeness (QED) is 0.774. The lowest BCUT2D eigenvalue weighted by Crippen LogP contribution is -2.30. The summed E-state index contributed by atoms with van der Waals surface area (Å²) in [6.45, 7) is 5.34. The fourth-order valence-electron chi connectivity index (χ4n) is 1.47. The summed E-state index contributed by atoms with van der Waals surface area (Å²) in [5, 5.41) is 0. The van der Waals surface area contributed by atoms with Gasteiger partial charge in [0.25, 0.3) is 0 Å². The van der Waals surface area contributed by atoms with Gasteiger partial charge in [-0.3, -0.25) is 4.79 Å². The first-order chi connectivity index (χ1) is 7.73. The Morgan fingerprint density at radius 2 is 1.76 bits per heavy atom. The first-order valence-corrected chi connectivity index (χ1v) is 6.26. The molecule has 0 aliphatic carbocycles. The average Bonchev–Trinajstić information content (AvgIpc) is 2.21. The molecule has 1 aromatic rings. The Morgan fingerprint density at radius 1 is 1.29 bits per heavy atom. The highest BCUT2D eigenvalue weighted by molar-refractivity contribution is 9.10. The Labute approximate surface area is 108 Å². The van der Waals surface area contributed by atoms with E-state index in [4.69, 9.17) is 0 Å². The van der Waals surface area contributed by atoms with E-state index in [1.54, 1.807) is 20.8 Å². The van der Waals surface area contributed by atoms with E-state index in [0.29, 0.717) is 0 Å². The highest BCUT2D eigenvalue weighted by atomic mass is 79.9. The Hall–Kier alpha value is -0.770. The van der Waals surface area contributed by atoms with Gasteiger partial charge in [0, 0.05) is 11.0 Å². The van der Waals surface area contributed by atoms with Crippen molar-refractivity contribution in [2.75, 3.05) is 0 Å². The number of halogens is 3. The van der Waals surface area contributed by atoms with Gasteiger partial charge in [0.1, 0.15) is 11.6 Å². The molecular weight excluding hydrogens is 290 g/mol. The third-order valence-corrected chi connectivity index (χ3v) is 3.21. The molecule has 0 spiro atoms. The summed E-state index contributed by atoms with van der Waals surface area (Å²) >= 11 is 3.20. The molecule has 17 heavy (non-hydrogen) atoms. The van der Waals surface area contributed by atoms with Crippen molar-refractivity contribution in [2.24, 2.45) is 5.41 Å². The highest BCUT2D eigenvalue weighted by Gasteiger charge is 2.29. The predicted molar refractivity (Wildman–Crippen MR) is 67.2 cm³/mol. The maximum absolute atomic E-state index is 13.4. The largest absolute Gasteiger partial charge is 0.298 e. The van der Waals surface area contributed by atoms with Gasteiger partial charge in [-0.2, -0.15) is 0 Å². The van der Waals surface area contributed by atoms with Crippen molar-refractivity contribution in [1.29, 1.82) is 0 Å². The van der Waals surface area contributed by atoms with Gasteiger partial charge in [0.15, 0.2) is 5.78 Å². The van der Waals surface area contributed by atoms with Gasteiger partial charge in [-0.25, -0.2) is 8.78 Å². The monoisotopic (exact) mass is 304 g/mol. The number of rotatable bonds is 3. The van der Waals surface area contributed by atoms with Gasteiger partial charge in [-0.05, 0) is 18.6 Å². The van der Waals surface area contributed by atoms with E-state index in [2.05, 4.69) is 15.9 Å². The lowest BCUT2D eigenvalue weighted by Gasteiger charge is -2.21. The molecule has 1 unspecified atom stereocenters. The molecule has 1 nitrogen and oxygen atoms in total. The molecule has 0 heterocycles. The van der Waals surface area contributed by atoms with Gasteiger partial charge >= 0.3 is 0 Å². The van der Waals surface area contributed by atoms with Crippen molar-refractivity contribution < 1.29 is 13.6 Å². The molecule has 0 amide bonds. The first kappa shape index (κ1) is 14.3. The van der Waals surface area contributed by atoms with Crippen LogP contribution < -0.4 is 0 Å². The second-order valence-corrected chi connectivity index (χ2v) is 6.09. The van der Waals surface area contributed by atoms with Crippen molar-refractivity contribution in [3.8, 4) is 0 Å². The fourth-order valence-corrected chi connectivity index (χ4v) is 2.48. The van der Waals surface area contributed by atoms with Gasteiger partial charge < -0.3 is 0 Å². The van der Waals surface area contributed by atoms with Crippen LogP contribution in [-0.4, -0.2) is 10.6 Å². The highest BCUT2D eigenvalue weighted by Crippen LogP contribution is 2.25. The van der Waals surface area contributed by atoms with Crippen LogP contribution in [0.1, 0.15) is 26.3 Å². The van der Waals surface area contributed by atoms with Crippen LogP contribution in [0.3, 0.4) is 0 Å². The summed E-state index contributed by atoms with van der Waals surface area (Å²) < 4.78 is 26.8. The van der Waals surface area contributed by atoms with E-state index < -0.39 is 21.9 Å². The zero-order valence-corrected chi connectivity index (χ0v) is 11.6. The third-order valence-electron chi connectivity index (χ3n) is 2.47. The zero-order valence-electron chi connectivity index (χ0n) is 10.1. The summed E-state index contributed by atoms with van der Waals surface area (Å²) in [7, 11) is 0. The van der Waals surface area contributed by atoms with E-state index in [0.717, 1.165) is 0 Å². The van der Waals surface area contributed by atoms with Crippen molar-refractivity contribution in [2.45, 2.75) is 32.0 Å². The van der Waals surface area contributed by atoms with E-state index in [9.17, 15) is 13.6 Å². The van der Waals surface area contributed by atoms with E-state index >= 15 is 0 Å². The molecular formula is C13H15BrF2O. The normalized spacial score (nSPS) is 13.5. The SMILES string of the molecule is CC(C)(C)C(=O)C(Br)Cc1c(F)cccc1F. The number of carbonyl (C=O) groups is 1. The number of ketones is 1. The molecule has 1 atom stereocenters. The second kappa shape index (κ2) is 5.25. The molecule has 1 rings (SSSR count). The van der Waals surface area contributed by atoms with Crippen LogP contribution in [-0.2, 0) is 11.2 Å². The Balaban J connectivity index is 2.89. The van der Waals surface area contributed by atoms with E-state index in [1.807, 2.05) is 0 Å². The van der Waals surface area contributed by atoms with Crippen LogP contribution in [0.2, 0.25) is 0 Å². The number of Topliss-reactive ketones (excluding diaryl/α,β-unsaturated/α-hetero) is 1. The van der Waals surface area contributed by atoms with Gasteiger partial charge in [-0.1, -0.05) is 42.8 Å². The fraction of sp³-hybridized carbons (Fsp3) is 0.462. The molecule has 0 fully saturated rings. The number of hydrogen-bond donors (Lipinski definition) is 0. The molecule has 0 aromatic heterocycles. The topological polar surface area (TPSA) is 17.1 Å². The van der Waals surface area contributed by atoms with Crippen molar-refractivity contribution >= 4 is 21.7 Å². The molecule has 4 heteroatoms. The van der Waals surface area contributed by atoms with Crippen molar-refractivity contribution in [1.82, 2.24) is 0 Å². The summed E-state index contributed by atoms with van der Waals surface area (Å²) in [5.41, 5.74) is -0.581. The second-order valence-electron chi connectivity index (χ2n) is 4.99. The predicted octanol–water partition coefficient (Wildman–Crippen LogP) is 3.89. The van der Waals surface area contributed by atoms with Crippen LogP contribution in [0.25, 0.3) is 0 Å². The van der Waals surface area contributed by atoms with Gasteiger partial charge in [-0.15, -0.1) is 0 Å². The molecule has 1 aromatic carbocycles. The van der Waals surface area contributed by atoms with E-state index in [-0.39, 0.29) is 17.8 Å². The molecule has 0 saturated carbocycles. The van der Waals surface area contributed by atoms with Crippen LogP contribution in [0.4, 0.5) is 8.78 Å². The molecule has 94 valence electrons. The van der Waals surface area contributed by atoms with E-state index in [1.165, 1.54) is 18.2 Å². The average molecular weight is 305 g/mol. The Morgan fingerprint density at radius 3 is 2.18 bits per heavy atom. The van der Waals surface area contributed by atoms with Crippen LogP contribution in [0, 0.1) is 17.0 Å². The number of alkyl halides is 1. The minimum absolute atomic E-state index is 0.0224. The number of benzene rings is 1. The molecule has 0 radical (unpaired) electrons. The summed E-state index contributed by atoms with van der Waals surface area (Å²) in [6.07, 6.45) is 0.0224. The lowest BCUT2D eigenvalue weighted by atomic mass is 9.87. The number of carbonyl (C=O) groups excluding carboxylic acids is 1. The summed E-state index contributed by atoms with van der Waals surface area (Å²) in [6, 6.07) is 3.70. The maximum Gasteiger partial charge on any atom is 0.152 e. The van der Waals surface area contributed by atoms with Crippen molar-refractivity contribution in [3.63, 3.8) is 0 Å². The minimum atomic E-state index is -0.615. The smallest absolute Gasteiger partial charge is 0.152 e. The minimum Gasteiger partial charge on any atom is -0.298 e. The summed E-state index contributed by atoms with van der Waals surface area (Å²) in [4.78, 5) is 11.3. The Bertz CT molecular complexity index is 404. The lowest BCUT2D eigenvalue weighted by molar-refractivity contribution is -0.125. The molecule has 0 N–H and O–H groups in total. The number of hydrogen-bond acceptors (Lipinski definition) is 1. The Kier molecular flexibility index (Phi) is 4.42. The van der Waals surface area contributed by atoms with Crippen LogP contribution in [0.15, 0.2) is 18.2 Å². The molecule has 0 bridgehead atoms. The third kappa shape index (κ3) is 3.60. The molecule has 0 aliphatic heterocycles. The van der Waals surface area contributed by atoms with Crippen LogP contribution >= 0.6 is 15.9 Å². The van der Waals surface area contributed by atoms with Gasteiger partial charge in [0.05, 0.1) is 4.83 Å². The van der Waals surface area contributed by atoms with Gasteiger partial charge in [0.2, 0.25) is 0 Å². The maximum atomic E-state index is 13.4. The summed E-state index contributed by atoms with van der Waals surface area (Å²) in [5.74, 6) is -1.30. The van der Waals surface area contributed by atoms with Crippen LogP contribution in [0.5, 0.6) is 0 Å². The first-order valence-electron chi connectivity index (χ1n) is 5.34. The molecule has 0 aliphatic rings. The molecule has 0 saturated heterocycles. The zero-order chi connectivity index (χ0) is 13.2. The van der Waals surface area contributed by atoms with Crippen molar-refractivity contribution in [3.05, 3.63) is 35.4 Å².